The molecule has 1 aliphatic heterocycles. The summed E-state index contributed by atoms with van der Waals surface area (Å²) >= 11 is 0. The lowest BCUT2D eigenvalue weighted by Crippen LogP contribution is -2.46. The van der Waals surface area contributed by atoms with Crippen LogP contribution in [0.5, 0.6) is 0 Å². The lowest BCUT2D eigenvalue weighted by Gasteiger charge is -2.26. The molecule has 0 radical (unpaired) electrons. The van der Waals surface area contributed by atoms with Crippen molar-refractivity contribution < 1.29 is 28.7 Å². The number of unbranched alkanes of at least 4 members (excludes halogenated alkanes) is 1. The van der Waals surface area contributed by atoms with Crippen molar-refractivity contribution in [2.75, 3.05) is 32.8 Å². The van der Waals surface area contributed by atoms with E-state index in [2.05, 4.69) is 10.3 Å². The highest BCUT2D eigenvalue weighted by atomic mass is 16.5. The third kappa shape index (κ3) is 10.3. The Hall–Kier alpha value is -3.95. The largest absolute Gasteiger partial charge is 0.379 e. The topological polar surface area (TPSA) is 126 Å². The van der Waals surface area contributed by atoms with Crippen molar-refractivity contribution in [2.24, 2.45) is 11.8 Å². The number of H-pyrrole nitrogens is 1. The summed E-state index contributed by atoms with van der Waals surface area (Å²) in [5.41, 5.74) is 2.75. The molecular formula is C37H47N3O6. The second kappa shape index (κ2) is 17.7. The van der Waals surface area contributed by atoms with Gasteiger partial charge in [0.15, 0.2) is 11.6 Å². The minimum Gasteiger partial charge on any atom is -0.379 e. The lowest BCUT2D eigenvalue weighted by atomic mass is 9.86. The maximum absolute atomic E-state index is 14.0. The fourth-order valence-electron chi connectivity index (χ4n) is 6.00. The summed E-state index contributed by atoms with van der Waals surface area (Å²) in [5.74, 6) is -3.09. The quantitative estimate of drug-likeness (QED) is 0.185. The fourth-order valence-corrected chi connectivity index (χ4v) is 6.00. The number of Topliss-reactive ketones (excluding diaryl/α,β-unsaturated/α-hetero) is 4. The van der Waals surface area contributed by atoms with Crippen LogP contribution < -0.4 is 5.32 Å². The number of nitrogens with zero attached hydrogens (tertiary/aromatic N) is 1. The number of benzene rings is 2. The Balaban J connectivity index is 1.46. The van der Waals surface area contributed by atoms with E-state index in [1.807, 2.05) is 72.6 Å². The van der Waals surface area contributed by atoms with Gasteiger partial charge in [0.1, 0.15) is 5.78 Å². The standard InChI is InChI=1S/C37H47N3O6/c1-3-4-12-28(36(44)34(42)16-15-27-10-6-5-7-11-27)23-35(43)33(22-29-24-38-32-14-9-8-13-31(29)32)39-37(45)26(2)21-30(41)25-40-17-19-46-20-18-40/h5-11,13-14,24,26,28,33,38H,3-4,12,15-23,25H2,1-2H3,(H,39,45)/t26-,28-,33+/m1/s1. The summed E-state index contributed by atoms with van der Waals surface area (Å²) in [7, 11) is 0. The maximum Gasteiger partial charge on any atom is 0.223 e. The Kier molecular flexibility index (Phi) is 13.4. The van der Waals surface area contributed by atoms with Gasteiger partial charge in [0.2, 0.25) is 11.7 Å². The summed E-state index contributed by atoms with van der Waals surface area (Å²) in [5, 5.41) is 3.86. The van der Waals surface area contributed by atoms with Crippen LogP contribution in [0.1, 0.15) is 63.5 Å². The number of hydrogen-bond donors (Lipinski definition) is 2. The number of carbonyl (C=O) groups is 5. The molecule has 1 fully saturated rings. The molecule has 1 aliphatic rings. The molecule has 0 saturated carbocycles. The Morgan fingerprint density at radius 1 is 0.957 bits per heavy atom. The van der Waals surface area contributed by atoms with Crippen molar-refractivity contribution in [2.45, 2.75) is 71.3 Å². The predicted octanol–water partition coefficient (Wildman–Crippen LogP) is 4.66. The average molecular weight is 630 g/mol. The van der Waals surface area contributed by atoms with E-state index in [-0.39, 0.29) is 49.7 Å². The number of ether oxygens (including phenoxy) is 1. The maximum atomic E-state index is 14.0. The number of para-hydroxylation sites is 1. The number of aromatic nitrogens is 1. The highest BCUT2D eigenvalue weighted by molar-refractivity contribution is 6.38. The highest BCUT2D eigenvalue weighted by Gasteiger charge is 2.32. The molecule has 1 aromatic heterocycles. The minimum atomic E-state index is -0.917. The van der Waals surface area contributed by atoms with E-state index in [4.69, 9.17) is 4.74 Å². The molecule has 0 spiro atoms. The van der Waals surface area contributed by atoms with Crippen molar-refractivity contribution in [1.29, 1.82) is 0 Å². The van der Waals surface area contributed by atoms with E-state index in [0.29, 0.717) is 45.6 Å². The molecule has 9 nitrogen and oxygen atoms in total. The number of amides is 1. The van der Waals surface area contributed by atoms with Gasteiger partial charge in [-0.05, 0) is 30.0 Å². The zero-order chi connectivity index (χ0) is 32.9. The first-order valence-corrected chi connectivity index (χ1v) is 16.6. The molecule has 9 heteroatoms. The van der Waals surface area contributed by atoms with Crippen molar-refractivity contribution in [3.63, 3.8) is 0 Å². The minimum absolute atomic E-state index is 0.0386. The van der Waals surface area contributed by atoms with Gasteiger partial charge in [-0.2, -0.15) is 0 Å². The third-order valence-corrected chi connectivity index (χ3v) is 8.77. The van der Waals surface area contributed by atoms with Crippen molar-refractivity contribution in [3.05, 3.63) is 71.9 Å². The van der Waals surface area contributed by atoms with Gasteiger partial charge >= 0.3 is 0 Å². The molecule has 4 rings (SSSR count). The van der Waals surface area contributed by atoms with Crippen molar-refractivity contribution >= 4 is 39.9 Å². The number of hydrogen-bond acceptors (Lipinski definition) is 7. The molecule has 0 aliphatic carbocycles. The van der Waals surface area contributed by atoms with E-state index in [1.165, 1.54) is 0 Å². The Labute approximate surface area is 271 Å². The first-order chi connectivity index (χ1) is 22.2. The number of fused-ring (bicyclic) bond motifs is 1. The van der Waals surface area contributed by atoms with Gasteiger partial charge in [-0.25, -0.2) is 0 Å². The smallest absolute Gasteiger partial charge is 0.223 e. The van der Waals surface area contributed by atoms with Crippen LogP contribution in [-0.2, 0) is 41.6 Å². The summed E-state index contributed by atoms with van der Waals surface area (Å²) in [6.45, 7) is 6.49. The number of aromatic amines is 1. The lowest BCUT2D eigenvalue weighted by molar-refractivity contribution is -0.140. The third-order valence-electron chi connectivity index (χ3n) is 8.77. The van der Waals surface area contributed by atoms with Gasteiger partial charge < -0.3 is 15.0 Å². The number of rotatable bonds is 19. The zero-order valence-electron chi connectivity index (χ0n) is 27.1. The zero-order valence-corrected chi connectivity index (χ0v) is 27.1. The van der Waals surface area contributed by atoms with Crippen LogP contribution in [0.2, 0.25) is 0 Å². The molecule has 2 heterocycles. The molecule has 1 saturated heterocycles. The summed E-state index contributed by atoms with van der Waals surface area (Å²) in [6.07, 6.45) is 4.49. The molecule has 3 aromatic rings. The van der Waals surface area contributed by atoms with Crippen LogP contribution in [0.3, 0.4) is 0 Å². The molecule has 3 atom stereocenters. The molecule has 0 bridgehead atoms. The van der Waals surface area contributed by atoms with E-state index < -0.39 is 29.4 Å². The van der Waals surface area contributed by atoms with Gasteiger partial charge in [0, 0.05) is 67.7 Å². The van der Waals surface area contributed by atoms with Gasteiger partial charge in [-0.1, -0.05) is 75.2 Å². The van der Waals surface area contributed by atoms with Gasteiger partial charge in [0.05, 0.1) is 25.8 Å². The molecular weight excluding hydrogens is 582 g/mol. The Bertz CT molecular complexity index is 1480. The monoisotopic (exact) mass is 629 g/mol. The summed E-state index contributed by atoms with van der Waals surface area (Å²) < 4.78 is 5.35. The van der Waals surface area contributed by atoms with Crippen LogP contribution in [0.4, 0.5) is 0 Å². The second-order valence-corrected chi connectivity index (χ2v) is 12.4. The fraction of sp³-hybridized carbons (Fsp3) is 0.486. The van der Waals surface area contributed by atoms with Crippen LogP contribution in [0.25, 0.3) is 10.9 Å². The van der Waals surface area contributed by atoms with E-state index in [9.17, 15) is 24.0 Å². The number of morpholine rings is 1. The first kappa shape index (κ1) is 34.9. The number of aryl methyl sites for hydroxylation is 1. The number of nitrogens with one attached hydrogen (secondary N) is 2. The van der Waals surface area contributed by atoms with Crippen LogP contribution >= 0.6 is 0 Å². The van der Waals surface area contributed by atoms with Crippen LogP contribution in [0.15, 0.2) is 60.8 Å². The number of carbonyl (C=O) groups excluding carboxylic acids is 5. The van der Waals surface area contributed by atoms with E-state index >= 15 is 0 Å². The molecule has 246 valence electrons. The Morgan fingerprint density at radius 3 is 2.41 bits per heavy atom. The molecule has 46 heavy (non-hydrogen) atoms. The van der Waals surface area contributed by atoms with Gasteiger partial charge in [-0.15, -0.1) is 0 Å². The molecule has 0 unspecified atom stereocenters. The average Bonchev–Trinajstić information content (AvgIpc) is 3.48. The summed E-state index contributed by atoms with van der Waals surface area (Å²) in [6, 6.07) is 16.3. The predicted molar refractivity (Wildman–Crippen MR) is 177 cm³/mol. The summed E-state index contributed by atoms with van der Waals surface area (Å²) in [4.78, 5) is 71.8. The molecule has 1 amide bonds. The SMILES string of the molecule is CCCC[C@H](CC(=O)[C@H](Cc1c[nH]c2ccccc12)NC(=O)[C@H](C)CC(=O)CN1CCOCC1)C(=O)C(=O)CCc1ccccc1. The Morgan fingerprint density at radius 2 is 1.67 bits per heavy atom. The van der Waals surface area contributed by atoms with E-state index in [1.54, 1.807) is 6.92 Å². The molecule has 2 N–H and O–H groups in total. The van der Waals surface area contributed by atoms with Crippen LogP contribution in [-0.4, -0.2) is 77.8 Å². The van der Waals surface area contributed by atoms with Crippen molar-refractivity contribution in [3.8, 4) is 0 Å². The van der Waals surface area contributed by atoms with Gasteiger partial charge in [0.25, 0.3) is 0 Å². The number of ketones is 4. The van der Waals surface area contributed by atoms with Crippen LogP contribution in [0, 0.1) is 11.8 Å². The second-order valence-electron chi connectivity index (χ2n) is 12.4. The van der Waals surface area contributed by atoms with Crippen molar-refractivity contribution in [1.82, 2.24) is 15.2 Å². The van der Waals surface area contributed by atoms with E-state index in [0.717, 1.165) is 28.5 Å². The highest BCUT2D eigenvalue weighted by Crippen LogP contribution is 2.23. The normalized spacial score (nSPS) is 15.6. The van der Waals surface area contributed by atoms with Gasteiger partial charge in [-0.3, -0.25) is 28.9 Å². The first-order valence-electron chi connectivity index (χ1n) is 16.6. The molecule has 2 aromatic carbocycles.